The van der Waals surface area contributed by atoms with Crippen LogP contribution in [0.25, 0.3) is 21.8 Å². The van der Waals surface area contributed by atoms with Crippen LogP contribution in [0.2, 0.25) is 0 Å². The summed E-state index contributed by atoms with van der Waals surface area (Å²) in [5.41, 5.74) is 1.81. The van der Waals surface area contributed by atoms with Crippen LogP contribution in [0.15, 0.2) is 41.2 Å². The van der Waals surface area contributed by atoms with Gasteiger partial charge in [-0.2, -0.15) is 0 Å². The number of nitrogens with zero attached hydrogens (tertiary/aromatic N) is 3. The Morgan fingerprint density at radius 2 is 1.14 bits per heavy atom. The van der Waals surface area contributed by atoms with Crippen LogP contribution in [0.5, 0.6) is 11.5 Å². The summed E-state index contributed by atoms with van der Waals surface area (Å²) in [6.45, 7) is 16.3. The first-order chi connectivity index (χ1) is 17.5. The van der Waals surface area contributed by atoms with Gasteiger partial charge in [-0.25, -0.2) is 0 Å². The summed E-state index contributed by atoms with van der Waals surface area (Å²) >= 11 is 0. The maximum atomic E-state index is 13.4. The van der Waals surface area contributed by atoms with E-state index in [1.54, 1.807) is 0 Å². The fourth-order valence-electron chi connectivity index (χ4n) is 4.95. The first-order valence-corrected chi connectivity index (χ1v) is 13.8. The molecular formula is C30H45N3O3. The van der Waals surface area contributed by atoms with E-state index in [0.717, 1.165) is 87.5 Å². The smallest absolute Gasteiger partial charge is 0.197 e. The number of ether oxygens (including phenoxy) is 2. The third-order valence-corrected chi connectivity index (χ3v) is 6.66. The summed E-state index contributed by atoms with van der Waals surface area (Å²) in [4.78, 5) is 18.2. The predicted molar refractivity (Wildman–Crippen MR) is 152 cm³/mol. The van der Waals surface area contributed by atoms with E-state index in [-0.39, 0.29) is 5.43 Å². The zero-order valence-corrected chi connectivity index (χ0v) is 23.0. The molecule has 6 heteroatoms. The number of benzene rings is 2. The third-order valence-electron chi connectivity index (χ3n) is 6.66. The van der Waals surface area contributed by atoms with Crippen LogP contribution in [0.4, 0.5) is 0 Å². The maximum absolute atomic E-state index is 13.4. The van der Waals surface area contributed by atoms with Gasteiger partial charge in [0.1, 0.15) is 24.7 Å². The summed E-state index contributed by atoms with van der Waals surface area (Å²) in [5, 5.41) is 1.38. The van der Waals surface area contributed by atoms with Gasteiger partial charge in [0.25, 0.3) is 0 Å². The SMILES string of the molecule is CCCN(CCC)CCOc1ccc2c(c1)c(=O)c1ccc(OCCN(CCC)CCC)cc1n2C. The van der Waals surface area contributed by atoms with Crippen molar-refractivity contribution in [2.24, 2.45) is 7.05 Å². The summed E-state index contributed by atoms with van der Waals surface area (Å²) in [5.74, 6) is 1.55. The van der Waals surface area contributed by atoms with Crippen molar-refractivity contribution >= 4 is 21.8 Å². The van der Waals surface area contributed by atoms with E-state index in [1.807, 2.05) is 43.4 Å². The zero-order chi connectivity index (χ0) is 25.9. The van der Waals surface area contributed by atoms with Crippen LogP contribution in [0.3, 0.4) is 0 Å². The van der Waals surface area contributed by atoms with Crippen molar-refractivity contribution in [3.8, 4) is 11.5 Å². The minimum atomic E-state index is 0.0331. The summed E-state index contributed by atoms with van der Waals surface area (Å²) in [6.07, 6.45) is 4.58. The topological polar surface area (TPSA) is 46.9 Å². The van der Waals surface area contributed by atoms with Crippen molar-refractivity contribution in [2.75, 3.05) is 52.5 Å². The van der Waals surface area contributed by atoms with Crippen molar-refractivity contribution in [1.82, 2.24) is 14.4 Å². The van der Waals surface area contributed by atoms with E-state index < -0.39 is 0 Å². The number of hydrogen-bond donors (Lipinski definition) is 0. The quantitative estimate of drug-likeness (QED) is 0.239. The average Bonchev–Trinajstić information content (AvgIpc) is 2.88. The molecule has 0 aliphatic carbocycles. The van der Waals surface area contributed by atoms with Crippen LogP contribution in [0.1, 0.15) is 53.4 Å². The molecule has 1 heterocycles. The van der Waals surface area contributed by atoms with E-state index >= 15 is 0 Å². The van der Waals surface area contributed by atoms with Gasteiger partial charge in [-0.3, -0.25) is 14.6 Å². The third kappa shape index (κ3) is 7.23. The molecule has 0 fully saturated rings. The molecule has 0 amide bonds. The highest BCUT2D eigenvalue weighted by atomic mass is 16.5. The second-order valence-corrected chi connectivity index (χ2v) is 9.63. The molecule has 0 unspecified atom stereocenters. The lowest BCUT2D eigenvalue weighted by Gasteiger charge is -2.21. The molecule has 2 aromatic carbocycles. The van der Waals surface area contributed by atoms with Crippen LogP contribution in [-0.4, -0.2) is 66.8 Å². The molecule has 0 radical (unpaired) electrons. The summed E-state index contributed by atoms with van der Waals surface area (Å²) in [7, 11) is 2.01. The fraction of sp³-hybridized carbons (Fsp3) is 0.567. The number of rotatable bonds is 16. The minimum Gasteiger partial charge on any atom is -0.492 e. The zero-order valence-electron chi connectivity index (χ0n) is 23.0. The van der Waals surface area contributed by atoms with E-state index in [4.69, 9.17) is 9.47 Å². The summed E-state index contributed by atoms with van der Waals surface area (Å²) in [6, 6.07) is 11.6. The monoisotopic (exact) mass is 495 g/mol. The highest BCUT2D eigenvalue weighted by Crippen LogP contribution is 2.25. The molecule has 198 valence electrons. The van der Waals surface area contributed by atoms with Gasteiger partial charge in [-0.05, 0) is 82.2 Å². The Labute approximate surface area is 216 Å². The van der Waals surface area contributed by atoms with Gasteiger partial charge in [-0.1, -0.05) is 27.7 Å². The molecule has 1 aromatic heterocycles. The number of aromatic nitrogens is 1. The largest absolute Gasteiger partial charge is 0.492 e. The number of pyridine rings is 1. The van der Waals surface area contributed by atoms with Gasteiger partial charge in [0, 0.05) is 37.0 Å². The Balaban J connectivity index is 1.75. The Morgan fingerprint density at radius 3 is 1.67 bits per heavy atom. The lowest BCUT2D eigenvalue weighted by Crippen LogP contribution is -2.30. The van der Waals surface area contributed by atoms with E-state index in [2.05, 4.69) is 42.1 Å². The maximum Gasteiger partial charge on any atom is 0.197 e. The van der Waals surface area contributed by atoms with Gasteiger partial charge in [-0.15, -0.1) is 0 Å². The second-order valence-electron chi connectivity index (χ2n) is 9.63. The van der Waals surface area contributed by atoms with Gasteiger partial charge in [0.05, 0.1) is 11.0 Å². The standard InChI is InChI=1S/C30H45N3O3/c1-6-14-32(15-7-2)18-20-35-24-11-13-28-27(22-24)30(34)26-12-10-25(23-29(26)31(28)5)36-21-19-33(16-8-3)17-9-4/h10-13,22-23H,6-9,14-21H2,1-5H3. The van der Waals surface area contributed by atoms with Crippen molar-refractivity contribution < 1.29 is 9.47 Å². The van der Waals surface area contributed by atoms with Crippen LogP contribution >= 0.6 is 0 Å². The van der Waals surface area contributed by atoms with Crippen molar-refractivity contribution in [1.29, 1.82) is 0 Å². The molecule has 0 aliphatic heterocycles. The molecule has 6 nitrogen and oxygen atoms in total. The molecule has 0 aliphatic rings. The molecule has 0 atom stereocenters. The lowest BCUT2D eigenvalue weighted by atomic mass is 10.1. The van der Waals surface area contributed by atoms with Crippen LogP contribution in [-0.2, 0) is 7.05 Å². The number of hydrogen-bond acceptors (Lipinski definition) is 5. The molecule has 0 saturated heterocycles. The fourth-order valence-corrected chi connectivity index (χ4v) is 4.95. The highest BCUT2D eigenvalue weighted by molar-refractivity contribution is 5.94. The minimum absolute atomic E-state index is 0.0331. The molecule has 0 bridgehead atoms. The Kier molecular flexibility index (Phi) is 11.1. The Bertz CT molecular complexity index is 1150. The van der Waals surface area contributed by atoms with Crippen molar-refractivity contribution in [3.63, 3.8) is 0 Å². The normalized spacial score (nSPS) is 11.8. The van der Waals surface area contributed by atoms with Gasteiger partial charge >= 0.3 is 0 Å². The molecule has 3 aromatic rings. The highest BCUT2D eigenvalue weighted by Gasteiger charge is 2.12. The van der Waals surface area contributed by atoms with Crippen molar-refractivity contribution in [2.45, 2.75) is 53.4 Å². The molecule has 0 N–H and O–H groups in total. The first-order valence-electron chi connectivity index (χ1n) is 13.8. The second kappa shape index (κ2) is 14.2. The molecule has 0 spiro atoms. The molecule has 36 heavy (non-hydrogen) atoms. The Hall–Kier alpha value is -2.57. The lowest BCUT2D eigenvalue weighted by molar-refractivity contribution is 0.209. The average molecular weight is 496 g/mol. The van der Waals surface area contributed by atoms with Crippen LogP contribution < -0.4 is 14.9 Å². The first kappa shape index (κ1) is 28.0. The van der Waals surface area contributed by atoms with E-state index in [1.165, 1.54) is 0 Å². The van der Waals surface area contributed by atoms with Gasteiger partial charge in [0.2, 0.25) is 0 Å². The summed E-state index contributed by atoms with van der Waals surface area (Å²) < 4.78 is 14.2. The molecule has 0 saturated carbocycles. The van der Waals surface area contributed by atoms with Crippen molar-refractivity contribution in [3.05, 3.63) is 46.6 Å². The van der Waals surface area contributed by atoms with E-state index in [9.17, 15) is 4.79 Å². The van der Waals surface area contributed by atoms with Gasteiger partial charge in [0.15, 0.2) is 5.43 Å². The van der Waals surface area contributed by atoms with Crippen LogP contribution in [0, 0.1) is 0 Å². The predicted octanol–water partition coefficient (Wildman–Crippen LogP) is 5.69. The van der Waals surface area contributed by atoms with Gasteiger partial charge < -0.3 is 14.0 Å². The molecule has 3 rings (SSSR count). The Morgan fingerprint density at radius 1 is 0.639 bits per heavy atom. The van der Waals surface area contributed by atoms with E-state index in [0.29, 0.717) is 24.0 Å². The number of fused-ring (bicyclic) bond motifs is 2. The molecular weight excluding hydrogens is 450 g/mol. The number of aryl methyl sites for hydroxylation is 1.